The van der Waals surface area contributed by atoms with Gasteiger partial charge in [-0.1, -0.05) is 25.1 Å². The van der Waals surface area contributed by atoms with Crippen molar-refractivity contribution in [1.82, 2.24) is 15.2 Å². The highest BCUT2D eigenvalue weighted by molar-refractivity contribution is 7.13. The molecule has 2 aliphatic heterocycles. The summed E-state index contributed by atoms with van der Waals surface area (Å²) in [6.45, 7) is 9.38. The fraction of sp³-hybridized carbons (Fsp3) is 0.419. The molecular weight excluding hydrogens is 536 g/mol. The van der Waals surface area contributed by atoms with Gasteiger partial charge in [0.05, 0.1) is 22.6 Å². The van der Waals surface area contributed by atoms with Crippen molar-refractivity contribution in [3.8, 4) is 0 Å². The van der Waals surface area contributed by atoms with Gasteiger partial charge < -0.3 is 25.3 Å². The van der Waals surface area contributed by atoms with Gasteiger partial charge in [0.25, 0.3) is 11.8 Å². The number of thiazole rings is 1. The van der Waals surface area contributed by atoms with E-state index in [1.807, 2.05) is 24.0 Å². The van der Waals surface area contributed by atoms with Crippen molar-refractivity contribution in [3.05, 3.63) is 69.7 Å². The largest absolute Gasteiger partial charge is 0.368 e. The topological polar surface area (TPSA) is 97.9 Å². The molecule has 41 heavy (non-hydrogen) atoms. The minimum Gasteiger partial charge on any atom is -0.368 e. The first-order valence-corrected chi connectivity index (χ1v) is 15.3. The predicted octanol–water partition coefficient (Wildman–Crippen LogP) is 4.34. The van der Waals surface area contributed by atoms with Crippen LogP contribution in [0.1, 0.15) is 56.8 Å². The van der Waals surface area contributed by atoms with Crippen LogP contribution < -0.4 is 20.4 Å². The Labute approximate surface area is 245 Å². The molecule has 2 fully saturated rings. The van der Waals surface area contributed by atoms with Gasteiger partial charge in [0.1, 0.15) is 4.88 Å². The molecule has 0 spiro atoms. The average Bonchev–Trinajstić information content (AvgIpc) is 3.64. The Kier molecular flexibility index (Phi) is 9.18. The first-order valence-electron chi connectivity index (χ1n) is 14.4. The molecule has 2 saturated heterocycles. The highest BCUT2D eigenvalue weighted by atomic mass is 32.1. The Morgan fingerprint density at radius 1 is 0.976 bits per heavy atom. The highest BCUT2D eigenvalue weighted by Gasteiger charge is 2.23. The van der Waals surface area contributed by atoms with Crippen LogP contribution in [0.3, 0.4) is 0 Å². The lowest BCUT2D eigenvalue weighted by atomic mass is 10.1. The summed E-state index contributed by atoms with van der Waals surface area (Å²) in [6.07, 6.45) is 4.62. The maximum absolute atomic E-state index is 13.2. The Balaban J connectivity index is 1.29. The lowest BCUT2D eigenvalue weighted by Crippen LogP contribution is -2.47. The first kappa shape index (κ1) is 28.6. The summed E-state index contributed by atoms with van der Waals surface area (Å²) < 4.78 is 0. The molecule has 10 heteroatoms. The number of carbonyl (C=O) groups is 3. The third kappa shape index (κ3) is 6.87. The van der Waals surface area contributed by atoms with Gasteiger partial charge in [-0.25, -0.2) is 4.98 Å². The molecule has 9 nitrogen and oxygen atoms in total. The SMILES string of the molecule is CCc1ncc(C(=O)Nc2cc(C(=O)NCCCN3CCCC3=O)ccc2N2CCN(c3ccccc3C)CC2)s1. The standard InChI is InChI=1S/C31H38N6O3S/c1-3-28-33-21-27(41-28)31(40)34-24-20-23(30(39)32-13-7-15-37-14-6-10-29(37)38)11-12-26(24)36-18-16-35(17-19-36)25-9-5-4-8-22(25)2/h4-5,8-9,11-12,20-21H,3,6-7,10,13-19H2,1-2H3,(H,32,39)(H,34,40). The number of carbonyl (C=O) groups excluding carboxylic acids is 3. The molecule has 3 heterocycles. The number of likely N-dealkylation sites (tertiary alicyclic amines) is 1. The number of piperazine rings is 1. The second kappa shape index (κ2) is 13.2. The molecule has 216 valence electrons. The van der Waals surface area contributed by atoms with Crippen molar-refractivity contribution in [1.29, 1.82) is 0 Å². The molecule has 2 aromatic carbocycles. The molecule has 2 aliphatic rings. The number of nitrogens with one attached hydrogen (secondary N) is 2. The van der Waals surface area contributed by atoms with E-state index in [0.717, 1.165) is 56.3 Å². The number of hydrogen-bond donors (Lipinski definition) is 2. The van der Waals surface area contributed by atoms with Crippen LogP contribution in [-0.2, 0) is 11.2 Å². The number of para-hydroxylation sites is 1. The van der Waals surface area contributed by atoms with Gasteiger partial charge in [0, 0.05) is 63.5 Å². The molecule has 0 unspecified atom stereocenters. The van der Waals surface area contributed by atoms with Crippen molar-refractivity contribution in [2.75, 3.05) is 60.9 Å². The zero-order valence-electron chi connectivity index (χ0n) is 23.8. The number of rotatable bonds is 10. The molecule has 1 aromatic heterocycles. The van der Waals surface area contributed by atoms with E-state index >= 15 is 0 Å². The van der Waals surface area contributed by atoms with Crippen LogP contribution >= 0.6 is 11.3 Å². The van der Waals surface area contributed by atoms with E-state index in [0.29, 0.717) is 42.1 Å². The molecule has 0 saturated carbocycles. The minimum absolute atomic E-state index is 0.194. The first-order chi connectivity index (χ1) is 19.9. The molecule has 0 aliphatic carbocycles. The van der Waals surface area contributed by atoms with E-state index in [2.05, 4.69) is 56.6 Å². The zero-order valence-corrected chi connectivity index (χ0v) is 24.6. The summed E-state index contributed by atoms with van der Waals surface area (Å²) in [6, 6.07) is 13.9. The van der Waals surface area contributed by atoms with Crippen LogP contribution in [-0.4, -0.2) is 73.4 Å². The fourth-order valence-electron chi connectivity index (χ4n) is 5.44. The molecule has 0 radical (unpaired) electrons. The average molecular weight is 575 g/mol. The van der Waals surface area contributed by atoms with Crippen molar-refractivity contribution in [2.45, 2.75) is 39.5 Å². The summed E-state index contributed by atoms with van der Waals surface area (Å²) in [5, 5.41) is 6.95. The van der Waals surface area contributed by atoms with Gasteiger partial charge in [-0.2, -0.15) is 0 Å². The highest BCUT2D eigenvalue weighted by Crippen LogP contribution is 2.31. The number of aryl methyl sites for hydroxylation is 2. The van der Waals surface area contributed by atoms with E-state index in [4.69, 9.17) is 0 Å². The molecular formula is C31H38N6O3S. The number of amides is 3. The molecule has 3 aromatic rings. The van der Waals surface area contributed by atoms with E-state index in [1.54, 1.807) is 12.3 Å². The van der Waals surface area contributed by atoms with Gasteiger partial charge >= 0.3 is 0 Å². The smallest absolute Gasteiger partial charge is 0.267 e. The Hall–Kier alpha value is -3.92. The van der Waals surface area contributed by atoms with E-state index < -0.39 is 0 Å². The molecule has 3 amide bonds. The van der Waals surface area contributed by atoms with Crippen LogP contribution in [0, 0.1) is 6.92 Å². The summed E-state index contributed by atoms with van der Waals surface area (Å²) in [5.74, 6) is -0.232. The van der Waals surface area contributed by atoms with Gasteiger partial charge in [-0.3, -0.25) is 14.4 Å². The van der Waals surface area contributed by atoms with Crippen molar-refractivity contribution in [3.63, 3.8) is 0 Å². The fourth-order valence-corrected chi connectivity index (χ4v) is 6.19. The minimum atomic E-state index is -0.227. The molecule has 0 bridgehead atoms. The maximum atomic E-state index is 13.2. The van der Waals surface area contributed by atoms with Crippen LogP contribution in [0.5, 0.6) is 0 Å². The number of hydrogen-bond acceptors (Lipinski definition) is 7. The lowest BCUT2D eigenvalue weighted by molar-refractivity contribution is -0.127. The Morgan fingerprint density at radius 2 is 1.73 bits per heavy atom. The van der Waals surface area contributed by atoms with Gasteiger partial charge in [0.15, 0.2) is 0 Å². The summed E-state index contributed by atoms with van der Waals surface area (Å²) in [4.78, 5) is 49.5. The van der Waals surface area contributed by atoms with Crippen molar-refractivity contribution >= 4 is 46.1 Å². The predicted molar refractivity (Wildman–Crippen MR) is 164 cm³/mol. The van der Waals surface area contributed by atoms with Crippen LogP contribution in [0.4, 0.5) is 17.1 Å². The molecule has 5 rings (SSSR count). The van der Waals surface area contributed by atoms with Crippen LogP contribution in [0.25, 0.3) is 0 Å². The third-order valence-electron chi connectivity index (χ3n) is 7.72. The third-order valence-corrected chi connectivity index (χ3v) is 8.87. The number of anilines is 3. The second-order valence-electron chi connectivity index (χ2n) is 10.5. The van der Waals surface area contributed by atoms with Gasteiger partial charge in [-0.15, -0.1) is 11.3 Å². The summed E-state index contributed by atoms with van der Waals surface area (Å²) in [5.41, 5.74) is 4.50. The zero-order chi connectivity index (χ0) is 28.8. The van der Waals surface area contributed by atoms with Gasteiger partial charge in [-0.05, 0) is 56.0 Å². The van der Waals surface area contributed by atoms with E-state index in [9.17, 15) is 14.4 Å². The molecule has 2 N–H and O–H groups in total. The van der Waals surface area contributed by atoms with Crippen LogP contribution in [0.15, 0.2) is 48.7 Å². The Morgan fingerprint density at radius 3 is 2.41 bits per heavy atom. The summed E-state index contributed by atoms with van der Waals surface area (Å²) in [7, 11) is 0. The van der Waals surface area contributed by atoms with E-state index in [1.165, 1.54) is 22.6 Å². The van der Waals surface area contributed by atoms with Gasteiger partial charge in [0.2, 0.25) is 5.91 Å². The van der Waals surface area contributed by atoms with Crippen LogP contribution in [0.2, 0.25) is 0 Å². The van der Waals surface area contributed by atoms with Crippen molar-refractivity contribution in [2.24, 2.45) is 0 Å². The maximum Gasteiger partial charge on any atom is 0.267 e. The number of benzene rings is 2. The Bertz CT molecular complexity index is 1400. The monoisotopic (exact) mass is 574 g/mol. The second-order valence-corrected chi connectivity index (χ2v) is 11.6. The quantitative estimate of drug-likeness (QED) is 0.350. The van der Waals surface area contributed by atoms with Crippen molar-refractivity contribution < 1.29 is 14.4 Å². The number of aromatic nitrogens is 1. The van der Waals surface area contributed by atoms with E-state index in [-0.39, 0.29) is 17.7 Å². The number of nitrogens with zero attached hydrogens (tertiary/aromatic N) is 4. The summed E-state index contributed by atoms with van der Waals surface area (Å²) >= 11 is 1.38. The molecule has 0 atom stereocenters. The normalized spacial score (nSPS) is 15.4. The lowest BCUT2D eigenvalue weighted by Gasteiger charge is -2.38.